The molecule has 0 heterocycles. The monoisotopic (exact) mass is 213 g/mol. The topological polar surface area (TPSA) is 52.3 Å². The molecule has 0 saturated carbocycles. The van der Waals surface area contributed by atoms with Crippen LogP contribution in [0.2, 0.25) is 0 Å². The van der Waals surface area contributed by atoms with Crippen molar-refractivity contribution in [2.24, 2.45) is 0 Å². The van der Waals surface area contributed by atoms with Gasteiger partial charge in [0.1, 0.15) is 5.75 Å². The summed E-state index contributed by atoms with van der Waals surface area (Å²) in [7, 11) is 0. The SMILES string of the molecule is Nc1ccccc1C(=O)Oc1ccccc1. The van der Waals surface area contributed by atoms with E-state index in [9.17, 15) is 4.79 Å². The van der Waals surface area contributed by atoms with E-state index in [0.29, 0.717) is 17.0 Å². The highest BCUT2D eigenvalue weighted by molar-refractivity contribution is 5.96. The Morgan fingerprint density at radius 1 is 0.938 bits per heavy atom. The normalized spacial score (nSPS) is 9.75. The Kier molecular flexibility index (Phi) is 2.87. The van der Waals surface area contributed by atoms with E-state index in [0.717, 1.165) is 0 Å². The van der Waals surface area contributed by atoms with E-state index in [-0.39, 0.29) is 0 Å². The second-order valence-electron chi connectivity index (χ2n) is 3.29. The fourth-order valence-corrected chi connectivity index (χ4v) is 1.33. The summed E-state index contributed by atoms with van der Waals surface area (Å²) in [6, 6.07) is 15.7. The fraction of sp³-hybridized carbons (Fsp3) is 0. The molecule has 0 atom stereocenters. The molecule has 0 aliphatic rings. The van der Waals surface area contributed by atoms with Crippen molar-refractivity contribution < 1.29 is 9.53 Å². The van der Waals surface area contributed by atoms with Crippen LogP contribution in [0, 0.1) is 0 Å². The highest BCUT2D eigenvalue weighted by Gasteiger charge is 2.10. The van der Waals surface area contributed by atoms with Crippen molar-refractivity contribution in [3.05, 3.63) is 60.2 Å². The summed E-state index contributed by atoms with van der Waals surface area (Å²) < 4.78 is 5.16. The molecule has 2 aromatic rings. The Bertz CT molecular complexity index is 494. The molecule has 0 radical (unpaired) electrons. The number of hydrogen-bond acceptors (Lipinski definition) is 3. The minimum atomic E-state index is -0.440. The van der Waals surface area contributed by atoms with Crippen molar-refractivity contribution in [1.82, 2.24) is 0 Å². The average molecular weight is 213 g/mol. The number of nitrogens with two attached hydrogens (primary N) is 1. The van der Waals surface area contributed by atoms with Gasteiger partial charge in [-0.1, -0.05) is 30.3 Å². The average Bonchev–Trinajstić information content (AvgIpc) is 2.31. The number of nitrogen functional groups attached to an aromatic ring is 1. The molecule has 80 valence electrons. The molecule has 0 fully saturated rings. The van der Waals surface area contributed by atoms with E-state index in [4.69, 9.17) is 10.5 Å². The summed E-state index contributed by atoms with van der Waals surface area (Å²) in [5.74, 6) is 0.0695. The van der Waals surface area contributed by atoms with Gasteiger partial charge in [-0.05, 0) is 24.3 Å². The minimum Gasteiger partial charge on any atom is -0.423 e. The number of benzene rings is 2. The quantitative estimate of drug-likeness (QED) is 0.473. The van der Waals surface area contributed by atoms with Crippen LogP contribution < -0.4 is 10.5 Å². The van der Waals surface area contributed by atoms with Crippen LogP contribution in [0.4, 0.5) is 5.69 Å². The highest BCUT2D eigenvalue weighted by Crippen LogP contribution is 2.15. The van der Waals surface area contributed by atoms with Gasteiger partial charge in [-0.3, -0.25) is 0 Å². The zero-order chi connectivity index (χ0) is 11.4. The number of rotatable bonds is 2. The molecule has 0 bridgehead atoms. The van der Waals surface area contributed by atoms with Crippen molar-refractivity contribution in [2.45, 2.75) is 0 Å². The van der Waals surface area contributed by atoms with Crippen LogP contribution >= 0.6 is 0 Å². The third-order valence-electron chi connectivity index (χ3n) is 2.13. The van der Waals surface area contributed by atoms with Crippen LogP contribution in [0.15, 0.2) is 54.6 Å². The zero-order valence-electron chi connectivity index (χ0n) is 8.59. The molecule has 2 rings (SSSR count). The maximum absolute atomic E-state index is 11.7. The van der Waals surface area contributed by atoms with Gasteiger partial charge in [0.15, 0.2) is 0 Å². The summed E-state index contributed by atoms with van der Waals surface area (Å²) in [5.41, 5.74) is 6.48. The number of esters is 1. The molecule has 0 aromatic heterocycles. The predicted molar refractivity (Wildman–Crippen MR) is 62.3 cm³/mol. The van der Waals surface area contributed by atoms with Gasteiger partial charge in [-0.2, -0.15) is 0 Å². The van der Waals surface area contributed by atoms with Gasteiger partial charge >= 0.3 is 5.97 Å². The highest BCUT2D eigenvalue weighted by atomic mass is 16.5. The molecule has 0 aliphatic heterocycles. The van der Waals surface area contributed by atoms with Crippen molar-refractivity contribution >= 4 is 11.7 Å². The lowest BCUT2D eigenvalue weighted by Crippen LogP contribution is -2.10. The second kappa shape index (κ2) is 4.49. The molecule has 16 heavy (non-hydrogen) atoms. The van der Waals surface area contributed by atoms with E-state index in [1.165, 1.54) is 0 Å². The van der Waals surface area contributed by atoms with Crippen LogP contribution in [0.25, 0.3) is 0 Å². The Balaban J connectivity index is 2.19. The summed E-state index contributed by atoms with van der Waals surface area (Å²) in [5, 5.41) is 0. The van der Waals surface area contributed by atoms with E-state index >= 15 is 0 Å². The van der Waals surface area contributed by atoms with Gasteiger partial charge < -0.3 is 10.5 Å². The number of carbonyl (C=O) groups is 1. The number of para-hydroxylation sites is 2. The molecule has 2 aromatic carbocycles. The molecule has 2 N–H and O–H groups in total. The van der Waals surface area contributed by atoms with Gasteiger partial charge in [0.25, 0.3) is 0 Å². The van der Waals surface area contributed by atoms with Gasteiger partial charge in [0, 0.05) is 5.69 Å². The molecule has 0 saturated heterocycles. The molecule has 3 nitrogen and oxygen atoms in total. The molecule has 0 amide bonds. The van der Waals surface area contributed by atoms with E-state index in [2.05, 4.69) is 0 Å². The lowest BCUT2D eigenvalue weighted by Gasteiger charge is -2.05. The maximum Gasteiger partial charge on any atom is 0.345 e. The largest absolute Gasteiger partial charge is 0.423 e. The Morgan fingerprint density at radius 2 is 1.56 bits per heavy atom. The fourth-order valence-electron chi connectivity index (χ4n) is 1.33. The van der Waals surface area contributed by atoms with Crippen molar-refractivity contribution in [3.63, 3.8) is 0 Å². The molecule has 0 spiro atoms. The van der Waals surface area contributed by atoms with Gasteiger partial charge in [-0.25, -0.2) is 4.79 Å². The summed E-state index contributed by atoms with van der Waals surface area (Å²) in [6.45, 7) is 0. The summed E-state index contributed by atoms with van der Waals surface area (Å²) >= 11 is 0. The summed E-state index contributed by atoms with van der Waals surface area (Å²) in [6.07, 6.45) is 0. The predicted octanol–water partition coefficient (Wildman–Crippen LogP) is 2.49. The molecule has 0 aliphatic carbocycles. The zero-order valence-corrected chi connectivity index (χ0v) is 8.59. The third kappa shape index (κ3) is 2.20. The van der Waals surface area contributed by atoms with E-state index in [1.54, 1.807) is 48.5 Å². The number of hydrogen-bond donors (Lipinski definition) is 1. The van der Waals surface area contributed by atoms with Gasteiger partial charge in [0.05, 0.1) is 5.56 Å². The Hall–Kier alpha value is -2.29. The van der Waals surface area contributed by atoms with Crippen LogP contribution in [0.3, 0.4) is 0 Å². The number of anilines is 1. The first-order valence-corrected chi connectivity index (χ1v) is 4.89. The molecular formula is C13H11NO2. The van der Waals surface area contributed by atoms with Crippen LogP contribution in [-0.2, 0) is 0 Å². The first-order chi connectivity index (χ1) is 7.77. The summed E-state index contributed by atoms with van der Waals surface area (Å²) in [4.78, 5) is 11.7. The maximum atomic E-state index is 11.7. The molecule has 3 heteroatoms. The first kappa shape index (κ1) is 10.2. The Morgan fingerprint density at radius 3 is 2.25 bits per heavy atom. The van der Waals surface area contributed by atoms with Crippen molar-refractivity contribution in [1.29, 1.82) is 0 Å². The Labute approximate surface area is 93.5 Å². The van der Waals surface area contributed by atoms with Crippen molar-refractivity contribution in [3.8, 4) is 5.75 Å². The van der Waals surface area contributed by atoms with Gasteiger partial charge in [-0.15, -0.1) is 0 Å². The van der Waals surface area contributed by atoms with Gasteiger partial charge in [0.2, 0.25) is 0 Å². The molecular weight excluding hydrogens is 202 g/mol. The van der Waals surface area contributed by atoms with Crippen LogP contribution in [0.5, 0.6) is 5.75 Å². The number of carbonyl (C=O) groups excluding carboxylic acids is 1. The number of ether oxygens (including phenoxy) is 1. The lowest BCUT2D eigenvalue weighted by molar-refractivity contribution is 0.0736. The molecule has 0 unspecified atom stereocenters. The van der Waals surface area contributed by atoms with Crippen LogP contribution in [0.1, 0.15) is 10.4 Å². The van der Waals surface area contributed by atoms with Crippen molar-refractivity contribution in [2.75, 3.05) is 5.73 Å². The van der Waals surface area contributed by atoms with E-state index in [1.807, 2.05) is 6.07 Å². The smallest absolute Gasteiger partial charge is 0.345 e. The van der Waals surface area contributed by atoms with E-state index < -0.39 is 5.97 Å². The third-order valence-corrected chi connectivity index (χ3v) is 2.13. The lowest BCUT2D eigenvalue weighted by atomic mass is 10.2. The standard InChI is InChI=1S/C13H11NO2/c14-12-9-5-4-8-11(12)13(15)16-10-6-2-1-3-7-10/h1-9H,14H2. The second-order valence-corrected chi connectivity index (χ2v) is 3.29. The minimum absolute atomic E-state index is 0.381. The first-order valence-electron chi connectivity index (χ1n) is 4.89. The van der Waals surface area contributed by atoms with Crippen LogP contribution in [-0.4, -0.2) is 5.97 Å².